The lowest BCUT2D eigenvalue weighted by Gasteiger charge is -2.44. The zero-order valence-corrected chi connectivity index (χ0v) is 16.3. The molecule has 0 aromatic heterocycles. The molecule has 4 rings (SSSR count). The van der Waals surface area contributed by atoms with Gasteiger partial charge in [-0.25, -0.2) is 0 Å². The molecule has 2 aliphatic heterocycles. The molecule has 1 aromatic carbocycles. The predicted molar refractivity (Wildman–Crippen MR) is 103 cm³/mol. The van der Waals surface area contributed by atoms with E-state index >= 15 is 0 Å². The first-order valence-electron chi connectivity index (χ1n) is 10.0. The summed E-state index contributed by atoms with van der Waals surface area (Å²) in [5.41, 5.74) is 1.08. The molecule has 142 valence electrons. The summed E-state index contributed by atoms with van der Waals surface area (Å²) in [5, 5.41) is 11.7. The lowest BCUT2D eigenvalue weighted by molar-refractivity contribution is -0.152. The zero-order chi connectivity index (χ0) is 18.3. The maximum absolute atomic E-state index is 12.5. The molecule has 3 fully saturated rings. The van der Waals surface area contributed by atoms with E-state index in [1.807, 2.05) is 17.0 Å². The van der Waals surface area contributed by atoms with Crippen molar-refractivity contribution in [2.45, 2.75) is 63.6 Å². The van der Waals surface area contributed by atoms with E-state index in [0.717, 1.165) is 55.2 Å². The van der Waals surface area contributed by atoms with Gasteiger partial charge in [0, 0.05) is 36.6 Å². The van der Waals surface area contributed by atoms with Crippen molar-refractivity contribution < 1.29 is 9.90 Å². The highest BCUT2D eigenvalue weighted by molar-refractivity contribution is 6.31. The molecule has 1 atom stereocenters. The number of carbonyl (C=O) groups excluding carboxylic acids is 1. The van der Waals surface area contributed by atoms with E-state index in [0.29, 0.717) is 18.9 Å². The van der Waals surface area contributed by atoms with Crippen LogP contribution in [0.5, 0.6) is 0 Å². The number of amides is 1. The van der Waals surface area contributed by atoms with Gasteiger partial charge in [0.2, 0.25) is 5.91 Å². The molecule has 0 bridgehead atoms. The highest BCUT2D eigenvalue weighted by atomic mass is 35.5. The number of halogens is 1. The fraction of sp³-hybridized carbons (Fsp3) is 0.667. The van der Waals surface area contributed by atoms with Gasteiger partial charge in [-0.1, -0.05) is 23.7 Å². The smallest absolute Gasteiger partial charge is 0.225 e. The van der Waals surface area contributed by atoms with Gasteiger partial charge in [0.05, 0.1) is 5.60 Å². The summed E-state index contributed by atoms with van der Waals surface area (Å²) in [6, 6.07) is 6.57. The van der Waals surface area contributed by atoms with Crippen LogP contribution in [0, 0.1) is 5.92 Å². The van der Waals surface area contributed by atoms with Gasteiger partial charge < -0.3 is 10.0 Å². The van der Waals surface area contributed by atoms with Gasteiger partial charge in [-0.15, -0.1) is 0 Å². The van der Waals surface area contributed by atoms with E-state index in [4.69, 9.17) is 11.6 Å². The predicted octanol–water partition coefficient (Wildman–Crippen LogP) is 3.54. The molecule has 0 spiro atoms. The van der Waals surface area contributed by atoms with E-state index in [1.54, 1.807) is 0 Å². The molecule has 26 heavy (non-hydrogen) atoms. The van der Waals surface area contributed by atoms with Crippen molar-refractivity contribution in [3.8, 4) is 0 Å². The monoisotopic (exact) mass is 376 g/mol. The third-order valence-corrected chi connectivity index (χ3v) is 6.94. The maximum Gasteiger partial charge on any atom is 0.225 e. The molecule has 1 aliphatic carbocycles. The van der Waals surface area contributed by atoms with Crippen LogP contribution < -0.4 is 0 Å². The fourth-order valence-corrected chi connectivity index (χ4v) is 5.01. The van der Waals surface area contributed by atoms with Crippen LogP contribution >= 0.6 is 11.6 Å². The Balaban J connectivity index is 1.40. The minimum absolute atomic E-state index is 0.0398. The van der Waals surface area contributed by atoms with Crippen LogP contribution in [-0.4, -0.2) is 46.5 Å². The first-order valence-corrected chi connectivity index (χ1v) is 10.4. The van der Waals surface area contributed by atoms with E-state index in [2.05, 4.69) is 17.9 Å². The number of hydrogen-bond acceptors (Lipinski definition) is 3. The molecule has 1 saturated carbocycles. The second-order valence-electron chi connectivity index (χ2n) is 8.44. The van der Waals surface area contributed by atoms with Crippen molar-refractivity contribution in [1.82, 2.24) is 9.80 Å². The Morgan fingerprint density at radius 2 is 1.96 bits per heavy atom. The van der Waals surface area contributed by atoms with E-state index in [-0.39, 0.29) is 11.8 Å². The summed E-state index contributed by atoms with van der Waals surface area (Å²) in [7, 11) is 0. The molecule has 1 aromatic rings. The molecule has 0 unspecified atom stereocenters. The molecule has 3 aliphatic rings. The molecular formula is C21H29ClN2O2. The van der Waals surface area contributed by atoms with Crippen LogP contribution in [0.1, 0.15) is 56.6 Å². The lowest BCUT2D eigenvalue weighted by Crippen LogP contribution is -2.48. The number of aliphatic hydroxyl groups is 1. The minimum atomic E-state index is -0.900. The number of benzene rings is 1. The number of carbonyl (C=O) groups is 1. The highest BCUT2D eigenvalue weighted by Gasteiger charge is 2.48. The van der Waals surface area contributed by atoms with Crippen LogP contribution in [0.3, 0.4) is 0 Å². The number of likely N-dealkylation sites (tertiary alicyclic amines) is 2. The van der Waals surface area contributed by atoms with Gasteiger partial charge >= 0.3 is 0 Å². The van der Waals surface area contributed by atoms with Crippen molar-refractivity contribution in [1.29, 1.82) is 0 Å². The first kappa shape index (κ1) is 18.3. The first-order chi connectivity index (χ1) is 12.5. The fourth-order valence-electron chi connectivity index (χ4n) is 4.77. The summed E-state index contributed by atoms with van der Waals surface area (Å²) < 4.78 is 0. The third kappa shape index (κ3) is 3.39. The normalized spacial score (nSPS) is 32.0. The molecule has 4 nitrogen and oxygen atoms in total. The molecule has 1 N–H and O–H groups in total. The lowest BCUT2D eigenvalue weighted by atomic mass is 9.67. The van der Waals surface area contributed by atoms with Crippen LogP contribution in [0.2, 0.25) is 5.02 Å². The Bertz CT molecular complexity index is 681. The Morgan fingerprint density at radius 1 is 1.23 bits per heavy atom. The van der Waals surface area contributed by atoms with Crippen LogP contribution in [0.4, 0.5) is 0 Å². The van der Waals surface area contributed by atoms with Gasteiger partial charge in [-0.05, 0) is 69.2 Å². The molecular weight excluding hydrogens is 348 g/mol. The quantitative estimate of drug-likeness (QED) is 0.874. The Morgan fingerprint density at radius 3 is 2.58 bits per heavy atom. The van der Waals surface area contributed by atoms with Crippen LogP contribution in [0.25, 0.3) is 0 Å². The Hall–Kier alpha value is -1.10. The largest absolute Gasteiger partial charge is 0.385 e. The van der Waals surface area contributed by atoms with Crippen LogP contribution in [0.15, 0.2) is 18.2 Å². The summed E-state index contributed by atoms with van der Waals surface area (Å²) in [4.78, 5) is 16.9. The third-order valence-electron chi connectivity index (χ3n) is 6.59. The molecule has 5 heteroatoms. The minimum Gasteiger partial charge on any atom is -0.385 e. The van der Waals surface area contributed by atoms with Crippen molar-refractivity contribution in [3.05, 3.63) is 34.3 Å². The number of rotatable bonds is 4. The molecule has 1 amide bonds. The summed E-state index contributed by atoms with van der Waals surface area (Å²) >= 11 is 6.53. The van der Waals surface area contributed by atoms with Crippen molar-refractivity contribution in [2.24, 2.45) is 5.92 Å². The topological polar surface area (TPSA) is 43.8 Å². The molecule has 2 heterocycles. The van der Waals surface area contributed by atoms with Crippen molar-refractivity contribution in [2.75, 3.05) is 19.6 Å². The van der Waals surface area contributed by atoms with E-state index in [1.165, 1.54) is 12.8 Å². The Labute approximate surface area is 161 Å². The second-order valence-corrected chi connectivity index (χ2v) is 8.84. The summed E-state index contributed by atoms with van der Waals surface area (Å²) in [6.07, 6.45) is 5.75. The molecule has 2 saturated heterocycles. The van der Waals surface area contributed by atoms with Gasteiger partial charge in [-0.3, -0.25) is 9.69 Å². The second kappa shape index (κ2) is 7.14. The molecule has 0 radical (unpaired) electrons. The SMILES string of the molecule is C[C@@H]1CCCN1Cc1ccc(C2(O)CC(C(=O)N3CCCC3)C2)cc1Cl. The zero-order valence-electron chi connectivity index (χ0n) is 15.6. The Kier molecular flexibility index (Phi) is 5.02. The highest BCUT2D eigenvalue weighted by Crippen LogP contribution is 2.47. The average molecular weight is 377 g/mol. The summed E-state index contributed by atoms with van der Waals surface area (Å²) in [5.74, 6) is 0.180. The number of hydrogen-bond donors (Lipinski definition) is 1. The average Bonchev–Trinajstić information content (AvgIpc) is 3.25. The van der Waals surface area contributed by atoms with Gasteiger partial charge in [0.25, 0.3) is 0 Å². The van der Waals surface area contributed by atoms with Crippen molar-refractivity contribution >= 4 is 17.5 Å². The van der Waals surface area contributed by atoms with Gasteiger partial charge in [0.15, 0.2) is 0 Å². The van der Waals surface area contributed by atoms with E-state index < -0.39 is 5.60 Å². The van der Waals surface area contributed by atoms with Gasteiger partial charge in [0.1, 0.15) is 0 Å². The maximum atomic E-state index is 12.5. The number of nitrogens with zero attached hydrogens (tertiary/aromatic N) is 2. The van der Waals surface area contributed by atoms with Gasteiger partial charge in [-0.2, -0.15) is 0 Å². The van der Waals surface area contributed by atoms with E-state index in [9.17, 15) is 9.90 Å². The van der Waals surface area contributed by atoms with Crippen molar-refractivity contribution in [3.63, 3.8) is 0 Å². The van der Waals surface area contributed by atoms with Crippen LogP contribution in [-0.2, 0) is 16.9 Å². The summed E-state index contributed by atoms with van der Waals surface area (Å²) in [6.45, 7) is 6.02. The standard InChI is InChI=1S/C21H29ClN2O2/c1-15-5-4-10-24(15)14-16-6-7-18(11-19(16)22)21(26)12-17(13-21)20(25)23-8-2-3-9-23/h6-7,11,15,17,26H,2-5,8-10,12-14H2,1H3/t15-,17?,21?/m1/s1.